The van der Waals surface area contributed by atoms with Gasteiger partial charge in [-0.3, -0.25) is 9.59 Å². The lowest BCUT2D eigenvalue weighted by molar-refractivity contribution is -0.140. The molecule has 0 unspecified atom stereocenters. The first-order chi connectivity index (χ1) is 14.4. The van der Waals surface area contributed by atoms with Crippen molar-refractivity contribution >= 4 is 46.8 Å². The number of rotatable bonds is 11. The summed E-state index contributed by atoms with van der Waals surface area (Å²) in [5.74, 6) is 0.426. The highest BCUT2D eigenvalue weighted by Gasteiger charge is 2.25. The van der Waals surface area contributed by atoms with E-state index < -0.39 is 6.04 Å². The summed E-state index contributed by atoms with van der Waals surface area (Å²) < 4.78 is 0. The van der Waals surface area contributed by atoms with Crippen LogP contribution in [0.5, 0.6) is 0 Å². The molecule has 7 heteroatoms. The zero-order valence-corrected chi connectivity index (χ0v) is 19.7. The molecule has 1 atom stereocenters. The number of hydrogen-bond donors (Lipinski definition) is 1. The molecule has 1 N–H and O–H groups in total. The summed E-state index contributed by atoms with van der Waals surface area (Å²) in [4.78, 5) is 28.3. The molecule has 2 rings (SSSR count). The number of nitrogens with one attached hydrogen (secondary N) is 1. The van der Waals surface area contributed by atoms with E-state index in [-0.39, 0.29) is 11.8 Å². The van der Waals surface area contributed by atoms with Crippen molar-refractivity contribution in [3.05, 3.63) is 64.1 Å². The monoisotopic (exact) mass is 466 g/mol. The molecule has 0 heterocycles. The Morgan fingerprint density at radius 3 is 2.50 bits per heavy atom. The third-order valence-electron chi connectivity index (χ3n) is 4.64. The van der Waals surface area contributed by atoms with Crippen LogP contribution >= 0.6 is 35.0 Å². The number of halogens is 2. The Balaban J connectivity index is 2.03. The normalized spacial score (nSPS) is 11.7. The molecule has 0 bridgehead atoms. The molecule has 0 aliphatic heterocycles. The quantitative estimate of drug-likeness (QED) is 0.335. The highest BCUT2D eigenvalue weighted by molar-refractivity contribution is 7.99. The molecule has 2 aromatic carbocycles. The van der Waals surface area contributed by atoms with Crippen LogP contribution in [0.4, 0.5) is 0 Å². The topological polar surface area (TPSA) is 49.4 Å². The van der Waals surface area contributed by atoms with Crippen molar-refractivity contribution in [3.8, 4) is 0 Å². The van der Waals surface area contributed by atoms with Gasteiger partial charge in [0.05, 0.1) is 0 Å². The van der Waals surface area contributed by atoms with Gasteiger partial charge in [-0.1, -0.05) is 48.7 Å². The maximum atomic E-state index is 13.0. The summed E-state index contributed by atoms with van der Waals surface area (Å²) >= 11 is 13.6. The van der Waals surface area contributed by atoms with E-state index in [1.54, 1.807) is 29.7 Å². The molecule has 0 saturated carbocycles. The predicted octanol–water partition coefficient (Wildman–Crippen LogP) is 5.81. The van der Waals surface area contributed by atoms with Gasteiger partial charge in [0.1, 0.15) is 6.04 Å². The molecule has 0 spiro atoms. The van der Waals surface area contributed by atoms with Crippen LogP contribution in [0.1, 0.15) is 38.7 Å². The highest BCUT2D eigenvalue weighted by Crippen LogP contribution is 2.22. The minimum Gasteiger partial charge on any atom is -0.354 e. The molecule has 0 saturated heterocycles. The predicted molar refractivity (Wildman–Crippen MR) is 126 cm³/mol. The van der Waals surface area contributed by atoms with Crippen LogP contribution in [0.2, 0.25) is 10.0 Å². The molecule has 0 aliphatic rings. The first kappa shape index (κ1) is 24.6. The zero-order chi connectivity index (χ0) is 21.9. The zero-order valence-electron chi connectivity index (χ0n) is 17.4. The van der Waals surface area contributed by atoms with Gasteiger partial charge in [-0.15, -0.1) is 11.8 Å². The van der Waals surface area contributed by atoms with Crippen LogP contribution in [-0.2, 0) is 16.1 Å². The number of unbranched alkanes of at least 4 members (excludes halogenated alkanes) is 1. The summed E-state index contributed by atoms with van der Waals surface area (Å²) in [5.41, 5.74) is 0.898. The van der Waals surface area contributed by atoms with E-state index >= 15 is 0 Å². The maximum absolute atomic E-state index is 13.0. The molecule has 0 radical (unpaired) electrons. The molecule has 0 aromatic heterocycles. The molecule has 0 fully saturated rings. The molecule has 2 aromatic rings. The van der Waals surface area contributed by atoms with Crippen molar-refractivity contribution in [1.29, 1.82) is 0 Å². The van der Waals surface area contributed by atoms with Gasteiger partial charge in [-0.05, 0) is 55.3 Å². The molecule has 2 amide bonds. The van der Waals surface area contributed by atoms with Crippen molar-refractivity contribution in [3.63, 3.8) is 0 Å². The Kier molecular flexibility index (Phi) is 10.6. The molecule has 4 nitrogen and oxygen atoms in total. The van der Waals surface area contributed by atoms with Crippen molar-refractivity contribution in [2.45, 2.75) is 50.6 Å². The van der Waals surface area contributed by atoms with Crippen molar-refractivity contribution in [2.75, 3.05) is 12.3 Å². The van der Waals surface area contributed by atoms with Gasteiger partial charge in [0, 0.05) is 40.2 Å². The van der Waals surface area contributed by atoms with Crippen LogP contribution < -0.4 is 5.32 Å². The van der Waals surface area contributed by atoms with E-state index in [0.29, 0.717) is 35.3 Å². The number of carbonyl (C=O) groups is 2. The fourth-order valence-corrected chi connectivity index (χ4v) is 4.06. The average Bonchev–Trinajstić information content (AvgIpc) is 2.73. The second kappa shape index (κ2) is 12.9. The van der Waals surface area contributed by atoms with Gasteiger partial charge in [-0.25, -0.2) is 0 Å². The summed E-state index contributed by atoms with van der Waals surface area (Å²) in [6.07, 6.45) is 2.25. The number of thioether (sulfide) groups is 1. The Hall–Kier alpha value is -1.69. The van der Waals surface area contributed by atoms with Gasteiger partial charge >= 0.3 is 0 Å². The van der Waals surface area contributed by atoms with E-state index in [4.69, 9.17) is 23.2 Å². The van der Waals surface area contributed by atoms with Gasteiger partial charge in [-0.2, -0.15) is 0 Å². The van der Waals surface area contributed by atoms with Gasteiger partial charge in [0.25, 0.3) is 0 Å². The van der Waals surface area contributed by atoms with Crippen molar-refractivity contribution in [1.82, 2.24) is 10.2 Å². The highest BCUT2D eigenvalue weighted by atomic mass is 35.5. The molecule has 30 heavy (non-hydrogen) atoms. The Labute approximate surface area is 193 Å². The van der Waals surface area contributed by atoms with Crippen LogP contribution in [-0.4, -0.2) is 35.1 Å². The molecular weight excluding hydrogens is 439 g/mol. The van der Waals surface area contributed by atoms with Gasteiger partial charge < -0.3 is 10.2 Å². The van der Waals surface area contributed by atoms with Crippen LogP contribution in [0.15, 0.2) is 53.4 Å². The lowest BCUT2D eigenvalue weighted by Gasteiger charge is -2.29. The first-order valence-electron chi connectivity index (χ1n) is 10.1. The standard InChI is InChI=1S/C23H28Cl2N2O2S/c1-3-4-13-26-23(29)17(2)27(16-18-6-5-7-20(25)15-18)22(28)12-14-30-21-10-8-19(24)9-11-21/h5-11,15,17H,3-4,12-14,16H2,1-2H3,(H,26,29)/t17-/m1/s1. The lowest BCUT2D eigenvalue weighted by atomic mass is 10.1. The fourth-order valence-electron chi connectivity index (χ4n) is 2.88. The summed E-state index contributed by atoms with van der Waals surface area (Å²) in [7, 11) is 0. The first-order valence-corrected chi connectivity index (χ1v) is 11.8. The van der Waals surface area contributed by atoms with E-state index in [1.807, 2.05) is 42.5 Å². The van der Waals surface area contributed by atoms with Crippen LogP contribution in [0, 0.1) is 0 Å². The number of nitrogens with zero attached hydrogens (tertiary/aromatic N) is 1. The molecule has 0 aliphatic carbocycles. The minimum atomic E-state index is -0.561. The largest absolute Gasteiger partial charge is 0.354 e. The smallest absolute Gasteiger partial charge is 0.242 e. The average molecular weight is 467 g/mol. The Morgan fingerprint density at radius 1 is 1.10 bits per heavy atom. The van der Waals surface area contributed by atoms with E-state index in [9.17, 15) is 9.59 Å². The van der Waals surface area contributed by atoms with Crippen LogP contribution in [0.3, 0.4) is 0 Å². The summed E-state index contributed by atoms with van der Waals surface area (Å²) in [6, 6.07) is 14.4. The number of carbonyl (C=O) groups excluding carboxylic acids is 2. The Morgan fingerprint density at radius 2 is 1.83 bits per heavy atom. The van der Waals surface area contributed by atoms with Crippen LogP contribution in [0.25, 0.3) is 0 Å². The number of amides is 2. The van der Waals surface area contributed by atoms with Gasteiger partial charge in [0.15, 0.2) is 0 Å². The third kappa shape index (κ3) is 8.21. The summed E-state index contributed by atoms with van der Waals surface area (Å²) in [5, 5.41) is 4.22. The second-order valence-corrected chi connectivity index (χ2v) is 9.07. The minimum absolute atomic E-state index is 0.0606. The van der Waals surface area contributed by atoms with E-state index in [0.717, 1.165) is 23.3 Å². The van der Waals surface area contributed by atoms with Crippen molar-refractivity contribution < 1.29 is 9.59 Å². The number of benzene rings is 2. The molecular formula is C23H28Cl2N2O2S. The van der Waals surface area contributed by atoms with E-state index in [2.05, 4.69) is 12.2 Å². The third-order valence-corrected chi connectivity index (χ3v) is 6.14. The Bertz CT molecular complexity index is 830. The SMILES string of the molecule is CCCCNC(=O)[C@@H](C)N(Cc1cccc(Cl)c1)C(=O)CCSc1ccc(Cl)cc1. The summed E-state index contributed by atoms with van der Waals surface area (Å²) in [6.45, 7) is 4.80. The lowest BCUT2D eigenvalue weighted by Crippen LogP contribution is -2.47. The second-order valence-electron chi connectivity index (χ2n) is 7.02. The maximum Gasteiger partial charge on any atom is 0.242 e. The van der Waals surface area contributed by atoms with Crippen molar-refractivity contribution in [2.24, 2.45) is 0 Å². The fraction of sp³-hybridized carbons (Fsp3) is 0.391. The van der Waals surface area contributed by atoms with Gasteiger partial charge in [0.2, 0.25) is 11.8 Å². The molecule has 162 valence electrons. The van der Waals surface area contributed by atoms with E-state index in [1.165, 1.54) is 0 Å². The number of hydrogen-bond acceptors (Lipinski definition) is 3.